The minimum atomic E-state index is -0.395. The van der Waals surface area contributed by atoms with Crippen molar-refractivity contribution in [1.29, 1.82) is 0 Å². The van der Waals surface area contributed by atoms with E-state index in [-0.39, 0.29) is 0 Å². The van der Waals surface area contributed by atoms with Crippen molar-refractivity contribution in [3.05, 3.63) is 57.3 Å². The summed E-state index contributed by atoms with van der Waals surface area (Å²) in [6, 6.07) is 9.06. The smallest absolute Gasteiger partial charge is 0.339 e. The van der Waals surface area contributed by atoms with Gasteiger partial charge in [-0.2, -0.15) is 0 Å². The predicted octanol–water partition coefficient (Wildman–Crippen LogP) is 3.90. The normalized spacial score (nSPS) is 10.2. The number of aromatic nitrogens is 1. The molecule has 1 aromatic carbocycles. The molecule has 0 atom stereocenters. The summed E-state index contributed by atoms with van der Waals surface area (Å²) in [5.74, 6) is -0.395. The van der Waals surface area contributed by atoms with Crippen LogP contribution in [-0.4, -0.2) is 18.1 Å². The molecule has 0 spiro atoms. The molecule has 1 heterocycles. The first kappa shape index (κ1) is 14.8. The minimum absolute atomic E-state index is 0.395. The van der Waals surface area contributed by atoms with Gasteiger partial charge in [-0.1, -0.05) is 27.5 Å². The molecule has 2 aromatic rings. The number of rotatable bonds is 4. The molecule has 0 unspecified atom stereocenters. The highest BCUT2D eigenvalue weighted by atomic mass is 79.9. The Morgan fingerprint density at radius 2 is 2.20 bits per heavy atom. The number of ether oxygens (including phenoxy) is 1. The number of hydrogen-bond acceptors (Lipinski definition) is 4. The first-order valence-electron chi connectivity index (χ1n) is 5.82. The number of benzene rings is 1. The number of methoxy groups -OCH3 is 1. The quantitative estimate of drug-likeness (QED) is 0.845. The molecule has 0 amide bonds. The lowest BCUT2D eigenvalue weighted by atomic mass is 10.2. The van der Waals surface area contributed by atoms with E-state index in [1.165, 1.54) is 13.3 Å². The summed E-state index contributed by atoms with van der Waals surface area (Å²) in [6.45, 7) is 0.517. The van der Waals surface area contributed by atoms with Gasteiger partial charge < -0.3 is 10.1 Å². The van der Waals surface area contributed by atoms with Gasteiger partial charge in [-0.05, 0) is 30.3 Å². The standard InChI is InChI=1S/C14H12BrClN2O2/c1-20-14(19)9-2-4-11(17-7-9)8-18-13-5-3-10(15)6-12(13)16/h2-7,18H,8H2,1H3. The Bertz CT molecular complexity index is 617. The van der Waals surface area contributed by atoms with E-state index in [1.807, 2.05) is 18.2 Å². The van der Waals surface area contributed by atoms with E-state index in [2.05, 4.69) is 31.0 Å². The molecule has 1 aromatic heterocycles. The SMILES string of the molecule is COC(=O)c1ccc(CNc2ccc(Br)cc2Cl)nc1. The lowest BCUT2D eigenvalue weighted by molar-refractivity contribution is 0.0600. The Morgan fingerprint density at radius 1 is 1.40 bits per heavy atom. The number of anilines is 1. The van der Waals surface area contributed by atoms with Crippen molar-refractivity contribution in [2.75, 3.05) is 12.4 Å². The summed E-state index contributed by atoms with van der Waals surface area (Å²) in [4.78, 5) is 15.5. The van der Waals surface area contributed by atoms with E-state index >= 15 is 0 Å². The van der Waals surface area contributed by atoms with Gasteiger partial charge in [-0.15, -0.1) is 0 Å². The molecule has 20 heavy (non-hydrogen) atoms. The summed E-state index contributed by atoms with van der Waals surface area (Å²) in [5, 5.41) is 3.82. The first-order chi connectivity index (χ1) is 9.60. The van der Waals surface area contributed by atoms with Crippen LogP contribution in [0, 0.1) is 0 Å². The van der Waals surface area contributed by atoms with E-state index in [1.54, 1.807) is 12.1 Å². The van der Waals surface area contributed by atoms with Gasteiger partial charge in [0.05, 0.1) is 35.6 Å². The topological polar surface area (TPSA) is 51.2 Å². The molecule has 0 radical (unpaired) electrons. The van der Waals surface area contributed by atoms with Gasteiger partial charge in [0, 0.05) is 10.7 Å². The number of carbonyl (C=O) groups excluding carboxylic acids is 1. The largest absolute Gasteiger partial charge is 0.465 e. The lowest BCUT2D eigenvalue weighted by Crippen LogP contribution is -2.05. The van der Waals surface area contributed by atoms with Gasteiger partial charge in [0.25, 0.3) is 0 Å². The van der Waals surface area contributed by atoms with Crippen molar-refractivity contribution < 1.29 is 9.53 Å². The first-order valence-corrected chi connectivity index (χ1v) is 6.99. The number of nitrogens with one attached hydrogen (secondary N) is 1. The zero-order valence-electron chi connectivity index (χ0n) is 10.7. The molecule has 4 nitrogen and oxygen atoms in total. The number of esters is 1. The highest BCUT2D eigenvalue weighted by Gasteiger charge is 2.06. The summed E-state index contributed by atoms with van der Waals surface area (Å²) in [7, 11) is 1.34. The number of halogens is 2. The van der Waals surface area contributed by atoms with Crippen LogP contribution in [0.1, 0.15) is 16.1 Å². The van der Waals surface area contributed by atoms with Gasteiger partial charge in [0.15, 0.2) is 0 Å². The summed E-state index contributed by atoms with van der Waals surface area (Å²) < 4.78 is 5.54. The van der Waals surface area contributed by atoms with Crippen LogP contribution in [0.2, 0.25) is 5.02 Å². The molecule has 2 rings (SSSR count). The second-order valence-electron chi connectivity index (χ2n) is 4.01. The maximum Gasteiger partial charge on any atom is 0.339 e. The van der Waals surface area contributed by atoms with E-state index in [9.17, 15) is 4.79 Å². The van der Waals surface area contributed by atoms with Crippen molar-refractivity contribution in [3.63, 3.8) is 0 Å². The maximum atomic E-state index is 11.3. The molecular formula is C14H12BrClN2O2. The third-order valence-corrected chi connectivity index (χ3v) is 3.44. The highest BCUT2D eigenvalue weighted by molar-refractivity contribution is 9.10. The molecule has 0 fully saturated rings. The number of nitrogens with zero attached hydrogens (tertiary/aromatic N) is 1. The Morgan fingerprint density at radius 3 is 2.80 bits per heavy atom. The Kier molecular flexibility index (Phi) is 4.98. The number of carbonyl (C=O) groups is 1. The number of pyridine rings is 1. The van der Waals surface area contributed by atoms with Crippen molar-refractivity contribution in [3.8, 4) is 0 Å². The van der Waals surface area contributed by atoms with Gasteiger partial charge in [0.1, 0.15) is 0 Å². The summed E-state index contributed by atoms with van der Waals surface area (Å²) >= 11 is 9.46. The average molecular weight is 356 g/mol. The Labute approximate surface area is 130 Å². The highest BCUT2D eigenvalue weighted by Crippen LogP contribution is 2.25. The van der Waals surface area contributed by atoms with E-state index in [4.69, 9.17) is 11.6 Å². The van der Waals surface area contributed by atoms with Gasteiger partial charge in [-0.3, -0.25) is 4.98 Å². The molecule has 0 saturated heterocycles. The van der Waals surface area contributed by atoms with Crippen molar-refractivity contribution >= 4 is 39.2 Å². The van der Waals surface area contributed by atoms with Gasteiger partial charge >= 0.3 is 5.97 Å². The molecule has 0 aliphatic heterocycles. The zero-order chi connectivity index (χ0) is 14.5. The lowest BCUT2D eigenvalue weighted by Gasteiger charge is -2.08. The molecule has 0 aliphatic carbocycles. The molecular weight excluding hydrogens is 344 g/mol. The second kappa shape index (κ2) is 6.72. The van der Waals surface area contributed by atoms with E-state index < -0.39 is 5.97 Å². The van der Waals surface area contributed by atoms with Crippen molar-refractivity contribution in [2.45, 2.75) is 6.54 Å². The fourth-order valence-electron chi connectivity index (χ4n) is 1.59. The minimum Gasteiger partial charge on any atom is -0.465 e. The average Bonchev–Trinajstić information content (AvgIpc) is 2.46. The molecule has 0 aliphatic rings. The molecule has 104 valence electrons. The molecule has 6 heteroatoms. The fraction of sp³-hybridized carbons (Fsp3) is 0.143. The van der Waals surface area contributed by atoms with Crippen LogP contribution >= 0.6 is 27.5 Å². The van der Waals surface area contributed by atoms with Crippen LogP contribution in [0.5, 0.6) is 0 Å². The van der Waals surface area contributed by atoms with Crippen LogP contribution in [0.15, 0.2) is 41.0 Å². The Hall–Kier alpha value is -1.59. The number of hydrogen-bond donors (Lipinski definition) is 1. The zero-order valence-corrected chi connectivity index (χ0v) is 13.0. The van der Waals surface area contributed by atoms with Gasteiger partial charge in [0.2, 0.25) is 0 Å². The summed E-state index contributed by atoms with van der Waals surface area (Å²) in [5.41, 5.74) is 2.06. The predicted molar refractivity (Wildman–Crippen MR) is 82.1 cm³/mol. The molecule has 1 N–H and O–H groups in total. The monoisotopic (exact) mass is 354 g/mol. The maximum absolute atomic E-state index is 11.3. The van der Waals surface area contributed by atoms with Crippen LogP contribution in [0.25, 0.3) is 0 Å². The van der Waals surface area contributed by atoms with Crippen LogP contribution in [-0.2, 0) is 11.3 Å². The fourth-order valence-corrected chi connectivity index (χ4v) is 2.33. The molecule has 0 saturated carbocycles. The second-order valence-corrected chi connectivity index (χ2v) is 5.33. The van der Waals surface area contributed by atoms with Crippen molar-refractivity contribution in [2.24, 2.45) is 0 Å². The third-order valence-electron chi connectivity index (χ3n) is 2.64. The van der Waals surface area contributed by atoms with Crippen LogP contribution in [0.3, 0.4) is 0 Å². The van der Waals surface area contributed by atoms with Crippen LogP contribution < -0.4 is 5.32 Å². The molecule has 0 bridgehead atoms. The summed E-state index contributed by atoms with van der Waals surface area (Å²) in [6.07, 6.45) is 1.49. The van der Waals surface area contributed by atoms with E-state index in [0.717, 1.165) is 15.9 Å². The van der Waals surface area contributed by atoms with Gasteiger partial charge in [-0.25, -0.2) is 4.79 Å². The third kappa shape index (κ3) is 3.71. The van der Waals surface area contributed by atoms with E-state index in [0.29, 0.717) is 17.1 Å². The van der Waals surface area contributed by atoms with Crippen molar-refractivity contribution in [1.82, 2.24) is 4.98 Å². The van der Waals surface area contributed by atoms with Crippen LogP contribution in [0.4, 0.5) is 5.69 Å². The Balaban J connectivity index is 2.02.